The number of hydrogen-bond donors (Lipinski definition) is 2. The van der Waals surface area contributed by atoms with Crippen LogP contribution in [0, 0.1) is 6.92 Å². The predicted octanol–water partition coefficient (Wildman–Crippen LogP) is 2.82. The molecule has 2 aromatic heterocycles. The molecule has 0 fully saturated rings. The summed E-state index contributed by atoms with van der Waals surface area (Å²) in [4.78, 5) is 12.6. The van der Waals surface area contributed by atoms with E-state index in [1.54, 1.807) is 24.3 Å². The standard InChI is InChI=1S/C23H23N5O4S/c1-16-6-9-18(10-7-16)27-33(30,31)20-15-17(8-11-19(20)32-2)23(29)24-13-12-22-26-25-21-5-3-4-14-28(21)22/h3-11,14-15,27H,12-13H2,1-2H3,(H,24,29). The van der Waals surface area contributed by atoms with Gasteiger partial charge in [-0.1, -0.05) is 23.8 Å². The van der Waals surface area contributed by atoms with E-state index in [-0.39, 0.29) is 16.2 Å². The lowest BCUT2D eigenvalue weighted by Gasteiger charge is -2.13. The third-order valence-electron chi connectivity index (χ3n) is 5.04. The highest BCUT2D eigenvalue weighted by Gasteiger charge is 2.22. The Kier molecular flexibility index (Phi) is 6.27. The Morgan fingerprint density at radius 1 is 1.06 bits per heavy atom. The van der Waals surface area contributed by atoms with Gasteiger partial charge in [0, 0.05) is 30.4 Å². The molecule has 0 radical (unpaired) electrons. The molecule has 0 bridgehead atoms. The Bertz CT molecular complexity index is 1400. The number of nitrogens with zero attached hydrogens (tertiary/aromatic N) is 3. The van der Waals surface area contributed by atoms with Gasteiger partial charge in [-0.2, -0.15) is 0 Å². The number of fused-ring (bicyclic) bond motifs is 1. The predicted molar refractivity (Wildman–Crippen MR) is 124 cm³/mol. The van der Waals surface area contributed by atoms with E-state index < -0.39 is 15.9 Å². The van der Waals surface area contributed by atoms with Gasteiger partial charge in [-0.05, 0) is 49.4 Å². The Balaban J connectivity index is 1.49. The van der Waals surface area contributed by atoms with Crippen molar-refractivity contribution in [2.75, 3.05) is 18.4 Å². The molecular formula is C23H23N5O4S. The number of ether oxygens (including phenoxy) is 1. The quantitative estimate of drug-likeness (QED) is 0.414. The summed E-state index contributed by atoms with van der Waals surface area (Å²) in [5.41, 5.74) is 2.35. The van der Waals surface area contributed by atoms with Crippen LogP contribution in [0.2, 0.25) is 0 Å². The maximum absolute atomic E-state index is 13.0. The first-order valence-corrected chi connectivity index (χ1v) is 11.7. The summed E-state index contributed by atoms with van der Waals surface area (Å²) < 4.78 is 35.6. The number of pyridine rings is 1. The molecule has 0 spiro atoms. The van der Waals surface area contributed by atoms with Crippen molar-refractivity contribution in [2.24, 2.45) is 0 Å². The topological polar surface area (TPSA) is 115 Å². The van der Waals surface area contributed by atoms with Gasteiger partial charge in [0.25, 0.3) is 15.9 Å². The van der Waals surface area contributed by atoms with E-state index in [0.717, 1.165) is 11.2 Å². The molecule has 0 atom stereocenters. The van der Waals surface area contributed by atoms with Gasteiger partial charge in [0.05, 0.1) is 7.11 Å². The number of sulfonamides is 1. The summed E-state index contributed by atoms with van der Waals surface area (Å²) in [5, 5.41) is 11.0. The second-order valence-corrected chi connectivity index (χ2v) is 9.04. The van der Waals surface area contributed by atoms with Gasteiger partial charge in [-0.15, -0.1) is 10.2 Å². The number of amides is 1. The smallest absolute Gasteiger partial charge is 0.265 e. The summed E-state index contributed by atoms with van der Waals surface area (Å²) in [6.45, 7) is 2.22. The number of methoxy groups -OCH3 is 1. The zero-order chi connectivity index (χ0) is 23.4. The normalized spacial score (nSPS) is 11.3. The van der Waals surface area contributed by atoms with Crippen LogP contribution >= 0.6 is 0 Å². The molecule has 1 amide bonds. The van der Waals surface area contributed by atoms with Crippen molar-refractivity contribution >= 4 is 27.3 Å². The second-order valence-electron chi connectivity index (χ2n) is 7.39. The highest BCUT2D eigenvalue weighted by atomic mass is 32.2. The van der Waals surface area contributed by atoms with Crippen molar-refractivity contribution in [3.63, 3.8) is 0 Å². The van der Waals surface area contributed by atoms with Crippen molar-refractivity contribution in [3.8, 4) is 5.75 Å². The Morgan fingerprint density at radius 3 is 2.61 bits per heavy atom. The molecule has 33 heavy (non-hydrogen) atoms. The number of aryl methyl sites for hydroxylation is 1. The van der Waals surface area contributed by atoms with Crippen LogP contribution in [0.3, 0.4) is 0 Å². The fourth-order valence-corrected chi connectivity index (χ4v) is 4.57. The van der Waals surface area contributed by atoms with Gasteiger partial charge < -0.3 is 10.1 Å². The molecule has 0 aliphatic heterocycles. The van der Waals surface area contributed by atoms with Crippen molar-refractivity contribution in [1.29, 1.82) is 0 Å². The van der Waals surface area contributed by atoms with E-state index >= 15 is 0 Å². The highest BCUT2D eigenvalue weighted by Crippen LogP contribution is 2.27. The molecule has 4 rings (SSSR count). The van der Waals surface area contributed by atoms with Crippen molar-refractivity contribution in [1.82, 2.24) is 19.9 Å². The number of carbonyl (C=O) groups excluding carboxylic acids is 1. The first-order valence-electron chi connectivity index (χ1n) is 10.2. The Labute approximate surface area is 191 Å². The fourth-order valence-electron chi connectivity index (χ4n) is 3.31. The molecule has 4 aromatic rings. The van der Waals surface area contributed by atoms with E-state index in [4.69, 9.17) is 4.74 Å². The van der Waals surface area contributed by atoms with E-state index in [0.29, 0.717) is 24.5 Å². The van der Waals surface area contributed by atoms with Crippen LogP contribution in [0.4, 0.5) is 5.69 Å². The maximum Gasteiger partial charge on any atom is 0.265 e. The molecule has 10 heteroatoms. The summed E-state index contributed by atoms with van der Waals surface area (Å²) in [7, 11) is -2.60. The first-order chi connectivity index (χ1) is 15.9. The van der Waals surface area contributed by atoms with Crippen LogP contribution in [-0.2, 0) is 16.4 Å². The number of nitrogens with one attached hydrogen (secondary N) is 2. The Hall–Kier alpha value is -3.92. The third kappa shape index (κ3) is 4.96. The van der Waals surface area contributed by atoms with Crippen LogP contribution in [0.25, 0.3) is 5.65 Å². The molecule has 0 aliphatic carbocycles. The van der Waals surface area contributed by atoms with Gasteiger partial charge in [-0.25, -0.2) is 8.42 Å². The summed E-state index contributed by atoms with van der Waals surface area (Å²) >= 11 is 0. The maximum atomic E-state index is 13.0. The molecular weight excluding hydrogens is 442 g/mol. The number of carbonyl (C=O) groups is 1. The van der Waals surface area contributed by atoms with Gasteiger partial charge in [0.15, 0.2) is 5.65 Å². The zero-order valence-corrected chi connectivity index (χ0v) is 19.0. The van der Waals surface area contributed by atoms with Gasteiger partial charge >= 0.3 is 0 Å². The van der Waals surface area contributed by atoms with Crippen LogP contribution in [0.5, 0.6) is 5.75 Å². The lowest BCUT2D eigenvalue weighted by atomic mass is 10.2. The zero-order valence-electron chi connectivity index (χ0n) is 18.1. The molecule has 170 valence electrons. The number of rotatable bonds is 8. The minimum Gasteiger partial charge on any atom is -0.495 e. The second kappa shape index (κ2) is 9.29. The molecule has 0 unspecified atom stereocenters. The minimum absolute atomic E-state index is 0.123. The number of hydrogen-bond acceptors (Lipinski definition) is 6. The van der Waals surface area contributed by atoms with Crippen LogP contribution in [-0.4, -0.2) is 42.6 Å². The molecule has 0 saturated heterocycles. The number of aromatic nitrogens is 3. The largest absolute Gasteiger partial charge is 0.495 e. The molecule has 9 nitrogen and oxygen atoms in total. The average Bonchev–Trinajstić information content (AvgIpc) is 3.23. The third-order valence-corrected chi connectivity index (χ3v) is 6.44. The summed E-state index contributed by atoms with van der Waals surface area (Å²) in [6.07, 6.45) is 2.32. The monoisotopic (exact) mass is 465 g/mol. The van der Waals surface area contributed by atoms with E-state index in [2.05, 4.69) is 20.2 Å². The van der Waals surface area contributed by atoms with Gasteiger partial charge in [0.1, 0.15) is 16.5 Å². The molecule has 2 aromatic carbocycles. The molecule has 2 heterocycles. The average molecular weight is 466 g/mol. The minimum atomic E-state index is -3.98. The molecule has 2 N–H and O–H groups in total. The van der Waals surface area contributed by atoms with Gasteiger partial charge in [0.2, 0.25) is 0 Å². The van der Waals surface area contributed by atoms with Crippen molar-refractivity contribution < 1.29 is 17.9 Å². The SMILES string of the molecule is COc1ccc(C(=O)NCCc2nnc3ccccn23)cc1S(=O)(=O)Nc1ccc(C)cc1. The summed E-state index contributed by atoms with van der Waals surface area (Å²) in [5.74, 6) is 0.450. The van der Waals surface area contributed by atoms with E-state index in [1.807, 2.05) is 35.7 Å². The summed E-state index contributed by atoms with van der Waals surface area (Å²) in [6, 6.07) is 16.8. The van der Waals surface area contributed by atoms with E-state index in [9.17, 15) is 13.2 Å². The number of benzene rings is 2. The Morgan fingerprint density at radius 2 is 1.85 bits per heavy atom. The van der Waals surface area contributed by atoms with Crippen LogP contribution in [0.15, 0.2) is 71.8 Å². The lowest BCUT2D eigenvalue weighted by molar-refractivity contribution is 0.0953. The van der Waals surface area contributed by atoms with Crippen molar-refractivity contribution in [3.05, 3.63) is 83.8 Å². The first kappa shape index (κ1) is 22.3. The number of anilines is 1. The fraction of sp³-hybridized carbons (Fsp3) is 0.174. The van der Waals surface area contributed by atoms with Crippen LogP contribution < -0.4 is 14.8 Å². The van der Waals surface area contributed by atoms with E-state index in [1.165, 1.54) is 25.3 Å². The van der Waals surface area contributed by atoms with Crippen LogP contribution in [0.1, 0.15) is 21.7 Å². The molecule has 0 saturated carbocycles. The van der Waals surface area contributed by atoms with Gasteiger partial charge in [-0.3, -0.25) is 13.9 Å². The molecule has 0 aliphatic rings. The highest BCUT2D eigenvalue weighted by molar-refractivity contribution is 7.92. The lowest BCUT2D eigenvalue weighted by Crippen LogP contribution is -2.26. The van der Waals surface area contributed by atoms with Crippen molar-refractivity contribution in [2.45, 2.75) is 18.2 Å².